The van der Waals surface area contributed by atoms with Crippen molar-refractivity contribution < 1.29 is 9.53 Å². The van der Waals surface area contributed by atoms with Crippen molar-refractivity contribution >= 4 is 56.0 Å². The summed E-state index contributed by atoms with van der Waals surface area (Å²) in [5, 5.41) is 1.45. The Labute approximate surface area is 215 Å². The summed E-state index contributed by atoms with van der Waals surface area (Å²) >= 11 is 9.77. The first kappa shape index (κ1) is 25.5. The predicted octanol–water partition coefficient (Wildman–Crippen LogP) is 6.19. The first-order chi connectivity index (χ1) is 16.5. The van der Waals surface area contributed by atoms with Crippen LogP contribution in [-0.4, -0.2) is 60.9 Å². The van der Waals surface area contributed by atoms with Crippen LogP contribution in [0.3, 0.4) is 0 Å². The van der Waals surface area contributed by atoms with Crippen molar-refractivity contribution in [2.24, 2.45) is 0 Å². The van der Waals surface area contributed by atoms with Crippen LogP contribution in [-0.2, 0) is 9.53 Å². The largest absolute Gasteiger partial charge is 0.379 e. The Kier molecular flexibility index (Phi) is 9.25. The van der Waals surface area contributed by atoms with Crippen molar-refractivity contribution in [3.63, 3.8) is 0 Å². The number of hydrogen-bond donors (Lipinski definition) is 0. The molecule has 1 aliphatic heterocycles. The van der Waals surface area contributed by atoms with Crippen molar-refractivity contribution in [1.29, 1.82) is 0 Å². The number of aryl methyl sites for hydroxylation is 2. The van der Waals surface area contributed by atoms with Gasteiger partial charge < -0.3 is 4.74 Å². The van der Waals surface area contributed by atoms with Gasteiger partial charge in [-0.1, -0.05) is 46.7 Å². The molecule has 0 radical (unpaired) electrons. The van der Waals surface area contributed by atoms with Gasteiger partial charge in [0, 0.05) is 37.5 Å². The predicted molar refractivity (Wildman–Crippen MR) is 145 cm³/mol. The Bertz CT molecular complexity index is 1060. The van der Waals surface area contributed by atoms with Crippen molar-refractivity contribution in [1.82, 2.24) is 9.88 Å². The Morgan fingerprint density at radius 2 is 1.91 bits per heavy atom. The van der Waals surface area contributed by atoms with Crippen molar-refractivity contribution in [2.45, 2.75) is 38.0 Å². The SMILES string of the molecule is Cc1ccc(SCCCC(=O)N(CCCN2CCOCC2)c2nc3c(C)ccc(Cl)c3s2)cc1. The third kappa shape index (κ3) is 6.73. The molecule has 3 aromatic rings. The summed E-state index contributed by atoms with van der Waals surface area (Å²) in [6.07, 6.45) is 2.26. The van der Waals surface area contributed by atoms with Crippen LogP contribution < -0.4 is 4.90 Å². The molecule has 0 aliphatic carbocycles. The van der Waals surface area contributed by atoms with E-state index in [1.807, 2.05) is 24.0 Å². The second-order valence-corrected chi connectivity index (χ2v) is 11.2. The highest BCUT2D eigenvalue weighted by atomic mass is 35.5. The number of morpholine rings is 1. The molecule has 4 rings (SSSR count). The lowest BCUT2D eigenvalue weighted by molar-refractivity contribution is -0.118. The molecule has 0 saturated carbocycles. The Morgan fingerprint density at radius 1 is 1.15 bits per heavy atom. The Balaban J connectivity index is 1.40. The number of ether oxygens (including phenoxy) is 1. The minimum atomic E-state index is 0.138. The maximum Gasteiger partial charge on any atom is 0.228 e. The zero-order chi connectivity index (χ0) is 23.9. The van der Waals surface area contributed by atoms with Gasteiger partial charge in [0.2, 0.25) is 5.91 Å². The highest BCUT2D eigenvalue weighted by Crippen LogP contribution is 2.36. The van der Waals surface area contributed by atoms with Gasteiger partial charge in [0.25, 0.3) is 0 Å². The fourth-order valence-electron chi connectivity index (χ4n) is 3.99. The van der Waals surface area contributed by atoms with Crippen LogP contribution >= 0.6 is 34.7 Å². The molecule has 1 amide bonds. The lowest BCUT2D eigenvalue weighted by atomic mass is 10.2. The standard InChI is InChI=1S/C26H32ClN3O2S2/c1-19-6-9-21(10-7-19)33-18-3-5-23(31)30(13-4-12-29-14-16-32-17-15-29)26-28-24-20(2)8-11-22(27)25(24)34-26/h6-11H,3-5,12-18H2,1-2H3. The minimum absolute atomic E-state index is 0.138. The van der Waals surface area contributed by atoms with Crippen LogP contribution in [0.4, 0.5) is 5.13 Å². The van der Waals surface area contributed by atoms with E-state index < -0.39 is 0 Å². The molecule has 2 aromatic carbocycles. The fourth-order valence-corrected chi connectivity index (χ4v) is 6.21. The maximum absolute atomic E-state index is 13.3. The van der Waals surface area contributed by atoms with Gasteiger partial charge in [-0.2, -0.15) is 0 Å². The molecule has 1 fully saturated rings. The number of nitrogens with zero attached hydrogens (tertiary/aromatic N) is 3. The topological polar surface area (TPSA) is 45.7 Å². The van der Waals surface area contributed by atoms with Crippen LogP contribution in [0.15, 0.2) is 41.3 Å². The molecule has 182 valence electrons. The van der Waals surface area contributed by atoms with Gasteiger partial charge >= 0.3 is 0 Å². The second kappa shape index (κ2) is 12.4. The molecule has 0 atom stereocenters. The van der Waals surface area contributed by atoms with Crippen LogP contribution in [0, 0.1) is 13.8 Å². The van der Waals surface area contributed by atoms with E-state index in [9.17, 15) is 4.79 Å². The first-order valence-electron chi connectivity index (χ1n) is 11.9. The summed E-state index contributed by atoms with van der Waals surface area (Å²) in [6.45, 7) is 9.25. The van der Waals surface area contributed by atoms with Crippen LogP contribution in [0.25, 0.3) is 10.2 Å². The van der Waals surface area contributed by atoms with Crippen LogP contribution in [0.5, 0.6) is 0 Å². The molecule has 1 saturated heterocycles. The Hall–Kier alpha value is -1.64. The number of benzene rings is 2. The maximum atomic E-state index is 13.3. The van der Waals surface area contributed by atoms with E-state index in [2.05, 4.69) is 36.1 Å². The van der Waals surface area contributed by atoms with Crippen molar-refractivity contribution in [3.05, 3.63) is 52.5 Å². The van der Waals surface area contributed by atoms with E-state index >= 15 is 0 Å². The molecule has 0 unspecified atom stereocenters. The molecule has 0 spiro atoms. The van der Waals surface area contributed by atoms with E-state index in [1.165, 1.54) is 21.8 Å². The summed E-state index contributed by atoms with van der Waals surface area (Å²) in [4.78, 5) is 23.7. The number of fused-ring (bicyclic) bond motifs is 1. The van der Waals surface area contributed by atoms with Gasteiger partial charge in [0.05, 0.1) is 28.5 Å². The quantitative estimate of drug-likeness (QED) is 0.237. The molecule has 1 aromatic heterocycles. The molecular weight excluding hydrogens is 486 g/mol. The summed E-state index contributed by atoms with van der Waals surface area (Å²) in [5.74, 6) is 1.06. The van der Waals surface area contributed by atoms with Gasteiger partial charge in [-0.15, -0.1) is 11.8 Å². The number of anilines is 1. The van der Waals surface area contributed by atoms with Gasteiger partial charge in [-0.3, -0.25) is 14.6 Å². The van der Waals surface area contributed by atoms with E-state index in [-0.39, 0.29) is 5.91 Å². The molecule has 1 aliphatic rings. The number of thiazole rings is 1. The van der Waals surface area contributed by atoms with E-state index in [4.69, 9.17) is 21.3 Å². The third-order valence-corrected chi connectivity index (χ3v) is 8.64. The van der Waals surface area contributed by atoms with Crippen molar-refractivity contribution in [3.8, 4) is 0 Å². The second-order valence-electron chi connectivity index (χ2n) is 8.66. The molecule has 8 heteroatoms. The van der Waals surface area contributed by atoms with Gasteiger partial charge in [0.15, 0.2) is 5.13 Å². The number of thioether (sulfide) groups is 1. The number of amides is 1. The normalized spacial score (nSPS) is 14.6. The smallest absolute Gasteiger partial charge is 0.228 e. The van der Waals surface area contributed by atoms with E-state index in [0.29, 0.717) is 18.0 Å². The lowest BCUT2D eigenvalue weighted by Crippen LogP contribution is -2.39. The van der Waals surface area contributed by atoms with Gasteiger partial charge in [-0.05, 0) is 56.2 Å². The summed E-state index contributed by atoms with van der Waals surface area (Å²) < 4.78 is 6.41. The zero-order valence-electron chi connectivity index (χ0n) is 19.9. The van der Waals surface area contributed by atoms with Crippen LogP contribution in [0.1, 0.15) is 30.4 Å². The highest BCUT2D eigenvalue weighted by Gasteiger charge is 2.21. The average Bonchev–Trinajstić information content (AvgIpc) is 3.30. The fraction of sp³-hybridized carbons (Fsp3) is 0.462. The molecule has 0 N–H and O–H groups in total. The summed E-state index contributed by atoms with van der Waals surface area (Å²) in [6, 6.07) is 12.4. The van der Waals surface area contributed by atoms with Crippen LogP contribution in [0.2, 0.25) is 5.02 Å². The molecular formula is C26H32ClN3O2S2. The number of halogens is 1. The highest BCUT2D eigenvalue weighted by molar-refractivity contribution is 7.99. The number of rotatable bonds is 10. The zero-order valence-corrected chi connectivity index (χ0v) is 22.3. The number of aromatic nitrogens is 1. The molecule has 2 heterocycles. The van der Waals surface area contributed by atoms with E-state index in [1.54, 1.807) is 11.8 Å². The molecule has 34 heavy (non-hydrogen) atoms. The van der Waals surface area contributed by atoms with Crippen molar-refractivity contribution in [2.75, 3.05) is 50.0 Å². The molecule has 0 bridgehead atoms. The van der Waals surface area contributed by atoms with Gasteiger partial charge in [0.1, 0.15) is 0 Å². The first-order valence-corrected chi connectivity index (χ1v) is 14.0. The minimum Gasteiger partial charge on any atom is -0.379 e. The third-order valence-electron chi connectivity index (χ3n) is 6.00. The summed E-state index contributed by atoms with van der Waals surface area (Å²) in [7, 11) is 0. The van der Waals surface area contributed by atoms with E-state index in [0.717, 1.165) is 72.4 Å². The van der Waals surface area contributed by atoms with Gasteiger partial charge in [-0.25, -0.2) is 4.98 Å². The summed E-state index contributed by atoms with van der Waals surface area (Å²) in [5.41, 5.74) is 3.24. The lowest BCUT2D eigenvalue weighted by Gasteiger charge is -2.27. The number of hydrogen-bond acceptors (Lipinski definition) is 6. The number of carbonyl (C=O) groups excluding carboxylic acids is 1. The number of carbonyl (C=O) groups is 1. The average molecular weight is 518 g/mol. The molecule has 5 nitrogen and oxygen atoms in total. The Morgan fingerprint density at radius 3 is 2.65 bits per heavy atom. The monoisotopic (exact) mass is 517 g/mol.